The monoisotopic (exact) mass is 337 g/mol. The van der Waals surface area contributed by atoms with E-state index in [0.29, 0.717) is 17.1 Å². The molecule has 0 aromatic heterocycles. The van der Waals surface area contributed by atoms with Crippen molar-refractivity contribution in [1.82, 2.24) is 0 Å². The first-order chi connectivity index (χ1) is 11.3. The fourth-order valence-corrected chi connectivity index (χ4v) is 2.50. The molecule has 24 heavy (non-hydrogen) atoms. The standard InChI is InChI=1S/C16H14F3N3O2/c1-23-10-4-6-14(24-2)11(8-10)16(20)21-12-5-3-9(15(17,18)19)7-13(12)22-16/h3-8H,20H2,1-2H3. The average Bonchev–Trinajstić information content (AvgIpc) is 2.89. The molecule has 0 saturated carbocycles. The van der Waals surface area contributed by atoms with E-state index in [9.17, 15) is 13.2 Å². The molecule has 1 unspecified atom stereocenters. The van der Waals surface area contributed by atoms with Gasteiger partial charge in [-0.1, -0.05) is 0 Å². The summed E-state index contributed by atoms with van der Waals surface area (Å²) in [6, 6.07) is 8.05. The van der Waals surface area contributed by atoms with E-state index < -0.39 is 17.5 Å². The number of fused-ring (bicyclic) bond motifs is 1. The van der Waals surface area contributed by atoms with E-state index in [1.54, 1.807) is 18.2 Å². The normalized spacial score (nSPS) is 19.2. The van der Waals surface area contributed by atoms with E-state index in [4.69, 9.17) is 15.2 Å². The zero-order chi connectivity index (χ0) is 17.5. The number of hydrogen-bond donors (Lipinski definition) is 1. The summed E-state index contributed by atoms with van der Waals surface area (Å²) in [5.41, 5.74) is 5.83. The second-order valence-electron chi connectivity index (χ2n) is 5.22. The minimum Gasteiger partial charge on any atom is -0.497 e. The summed E-state index contributed by atoms with van der Waals surface area (Å²) in [7, 11) is 2.95. The molecular weight excluding hydrogens is 323 g/mol. The Balaban J connectivity index is 2.17. The van der Waals surface area contributed by atoms with Crippen molar-refractivity contribution in [3.63, 3.8) is 0 Å². The lowest BCUT2D eigenvalue weighted by Crippen LogP contribution is -2.32. The van der Waals surface area contributed by atoms with Gasteiger partial charge in [0.1, 0.15) is 11.5 Å². The van der Waals surface area contributed by atoms with Crippen molar-refractivity contribution in [3.8, 4) is 11.5 Å². The van der Waals surface area contributed by atoms with Crippen LogP contribution in [0.25, 0.3) is 0 Å². The molecule has 2 N–H and O–H groups in total. The van der Waals surface area contributed by atoms with Gasteiger partial charge < -0.3 is 9.47 Å². The van der Waals surface area contributed by atoms with Gasteiger partial charge in [-0.25, -0.2) is 9.98 Å². The number of alkyl halides is 3. The van der Waals surface area contributed by atoms with E-state index >= 15 is 0 Å². The van der Waals surface area contributed by atoms with Crippen LogP contribution in [0.4, 0.5) is 13.2 Å². The Morgan fingerprint density at radius 2 is 1.67 bits per heavy atom. The zero-order valence-corrected chi connectivity index (χ0v) is 12.9. The first-order valence-electron chi connectivity index (χ1n) is 6.95. The quantitative estimate of drug-likeness (QED) is 0.928. The highest BCUT2D eigenvalue weighted by atomic mass is 19.4. The van der Waals surface area contributed by atoms with Crippen molar-refractivity contribution in [3.05, 3.63) is 58.2 Å². The maximum Gasteiger partial charge on any atom is 0.416 e. The van der Waals surface area contributed by atoms with Crippen LogP contribution in [0.2, 0.25) is 0 Å². The molecule has 3 rings (SSSR count). The fraction of sp³-hybridized carbons (Fsp3) is 0.250. The number of ether oxygens (including phenoxy) is 2. The van der Waals surface area contributed by atoms with Crippen LogP contribution < -0.4 is 25.9 Å². The van der Waals surface area contributed by atoms with Crippen LogP contribution in [-0.4, -0.2) is 14.2 Å². The second-order valence-corrected chi connectivity index (χ2v) is 5.22. The number of halogens is 3. The molecule has 0 amide bonds. The van der Waals surface area contributed by atoms with Gasteiger partial charge in [-0.05, 0) is 36.4 Å². The van der Waals surface area contributed by atoms with Crippen molar-refractivity contribution in [2.45, 2.75) is 12.0 Å². The van der Waals surface area contributed by atoms with E-state index in [2.05, 4.69) is 9.98 Å². The molecule has 2 aromatic rings. The van der Waals surface area contributed by atoms with Crippen LogP contribution in [0, 0.1) is 0 Å². The van der Waals surface area contributed by atoms with Crippen molar-refractivity contribution in [2.75, 3.05) is 14.2 Å². The SMILES string of the molecule is COc1ccc(OC)c(C2(N)N=c3ccc(C(F)(F)F)cc3=N2)c1. The predicted octanol–water partition coefficient (Wildman–Crippen LogP) is 1.74. The Bertz CT molecular complexity index is 912. The summed E-state index contributed by atoms with van der Waals surface area (Å²) >= 11 is 0. The number of methoxy groups -OCH3 is 2. The number of rotatable bonds is 3. The lowest BCUT2D eigenvalue weighted by atomic mass is 10.1. The van der Waals surface area contributed by atoms with Crippen LogP contribution in [0.3, 0.4) is 0 Å². The minimum absolute atomic E-state index is 0.0807. The van der Waals surface area contributed by atoms with E-state index in [1.165, 1.54) is 20.3 Å². The lowest BCUT2D eigenvalue weighted by molar-refractivity contribution is -0.137. The third-order valence-corrected chi connectivity index (χ3v) is 3.69. The van der Waals surface area contributed by atoms with E-state index in [-0.39, 0.29) is 10.7 Å². The maximum absolute atomic E-state index is 12.8. The Morgan fingerprint density at radius 3 is 2.29 bits per heavy atom. The summed E-state index contributed by atoms with van der Waals surface area (Å²) in [4.78, 5) is 8.46. The molecule has 0 radical (unpaired) electrons. The van der Waals surface area contributed by atoms with Crippen LogP contribution in [0.15, 0.2) is 46.4 Å². The van der Waals surface area contributed by atoms with Gasteiger partial charge in [0.2, 0.25) is 5.79 Å². The highest BCUT2D eigenvalue weighted by Crippen LogP contribution is 2.34. The van der Waals surface area contributed by atoms with Gasteiger partial charge in [-0.2, -0.15) is 13.2 Å². The molecule has 0 bridgehead atoms. The molecule has 5 nitrogen and oxygen atoms in total. The molecule has 126 valence electrons. The number of nitrogens with zero attached hydrogens (tertiary/aromatic N) is 2. The fourth-order valence-electron chi connectivity index (χ4n) is 2.50. The highest BCUT2D eigenvalue weighted by Gasteiger charge is 2.35. The topological polar surface area (TPSA) is 69.2 Å². The first-order valence-corrected chi connectivity index (χ1v) is 6.95. The summed E-state index contributed by atoms with van der Waals surface area (Å²) in [6.07, 6.45) is -4.46. The Kier molecular flexibility index (Phi) is 3.71. The molecule has 8 heteroatoms. The number of hydrogen-bond acceptors (Lipinski definition) is 5. The summed E-state index contributed by atoms with van der Waals surface area (Å²) in [6.45, 7) is 0. The van der Waals surface area contributed by atoms with Gasteiger partial charge >= 0.3 is 6.18 Å². The Morgan fingerprint density at radius 1 is 0.958 bits per heavy atom. The Hall–Kier alpha value is -2.61. The van der Waals surface area contributed by atoms with Crippen molar-refractivity contribution in [1.29, 1.82) is 0 Å². The van der Waals surface area contributed by atoms with Crippen LogP contribution in [0.5, 0.6) is 11.5 Å². The van der Waals surface area contributed by atoms with Crippen molar-refractivity contribution in [2.24, 2.45) is 15.7 Å². The summed E-state index contributed by atoms with van der Waals surface area (Å²) in [5, 5.41) is 0.368. The highest BCUT2D eigenvalue weighted by molar-refractivity contribution is 5.44. The van der Waals surface area contributed by atoms with Gasteiger partial charge in [0.25, 0.3) is 0 Å². The van der Waals surface area contributed by atoms with E-state index in [1.807, 2.05) is 0 Å². The first kappa shape index (κ1) is 16.3. The van der Waals surface area contributed by atoms with Gasteiger partial charge in [0, 0.05) is 0 Å². The number of nitrogens with two attached hydrogens (primary N) is 1. The van der Waals surface area contributed by atoms with Gasteiger partial charge in [0.15, 0.2) is 0 Å². The van der Waals surface area contributed by atoms with Gasteiger partial charge in [-0.3, -0.25) is 5.73 Å². The molecule has 1 aliphatic rings. The molecule has 1 atom stereocenters. The second kappa shape index (κ2) is 5.48. The van der Waals surface area contributed by atoms with E-state index in [0.717, 1.165) is 12.1 Å². The number of benzene rings is 2. The largest absolute Gasteiger partial charge is 0.497 e. The third-order valence-electron chi connectivity index (χ3n) is 3.69. The van der Waals surface area contributed by atoms with Crippen molar-refractivity contribution < 1.29 is 22.6 Å². The van der Waals surface area contributed by atoms with Gasteiger partial charge in [-0.15, -0.1) is 0 Å². The Labute approximate surface area is 135 Å². The molecule has 1 heterocycles. The molecule has 0 aliphatic carbocycles. The average molecular weight is 337 g/mol. The molecule has 1 aliphatic heterocycles. The molecule has 0 fully saturated rings. The predicted molar refractivity (Wildman–Crippen MR) is 79.2 cm³/mol. The summed E-state index contributed by atoms with van der Waals surface area (Å²) in [5.74, 6) is -0.658. The molecule has 2 aromatic carbocycles. The summed E-state index contributed by atoms with van der Waals surface area (Å²) < 4.78 is 49.0. The van der Waals surface area contributed by atoms with Gasteiger partial charge in [0.05, 0.1) is 36.1 Å². The molecule has 0 saturated heterocycles. The van der Waals surface area contributed by atoms with Crippen molar-refractivity contribution >= 4 is 0 Å². The zero-order valence-electron chi connectivity index (χ0n) is 12.9. The minimum atomic E-state index is -4.46. The maximum atomic E-state index is 12.8. The third kappa shape index (κ3) is 2.69. The van der Waals surface area contributed by atoms with Crippen LogP contribution in [0.1, 0.15) is 11.1 Å². The molecule has 0 spiro atoms. The van der Waals surface area contributed by atoms with Crippen LogP contribution >= 0.6 is 0 Å². The van der Waals surface area contributed by atoms with Crippen LogP contribution in [-0.2, 0) is 12.0 Å². The smallest absolute Gasteiger partial charge is 0.416 e. The molecular formula is C16H14F3N3O2. The lowest BCUT2D eigenvalue weighted by Gasteiger charge is -2.21.